The van der Waals surface area contributed by atoms with Crippen LogP contribution >= 0.6 is 15.9 Å². The van der Waals surface area contributed by atoms with Crippen LogP contribution in [0.2, 0.25) is 0 Å². The average Bonchev–Trinajstić information content (AvgIpc) is 3.27. The van der Waals surface area contributed by atoms with E-state index in [1.165, 1.54) is 0 Å². The molecule has 0 bridgehead atoms. The molecule has 1 fully saturated rings. The molecule has 1 N–H and O–H groups in total. The number of fused-ring (bicyclic) bond motifs is 1. The summed E-state index contributed by atoms with van der Waals surface area (Å²) in [5, 5.41) is 3.77. The zero-order chi connectivity index (χ0) is 20.9. The monoisotopic (exact) mass is 470 g/mol. The third kappa shape index (κ3) is 4.91. The van der Waals surface area contributed by atoms with E-state index >= 15 is 0 Å². The molecule has 1 aliphatic rings. The molecule has 6 nitrogen and oxygen atoms in total. The first-order chi connectivity index (χ1) is 14.6. The van der Waals surface area contributed by atoms with E-state index in [9.17, 15) is 4.79 Å². The van der Waals surface area contributed by atoms with E-state index < -0.39 is 0 Å². The van der Waals surface area contributed by atoms with Gasteiger partial charge in [-0.3, -0.25) is 4.79 Å². The molecule has 30 heavy (non-hydrogen) atoms. The fourth-order valence-electron chi connectivity index (χ4n) is 3.36. The summed E-state index contributed by atoms with van der Waals surface area (Å²) in [4.78, 5) is 17.6. The third-order valence-electron chi connectivity index (χ3n) is 4.85. The van der Waals surface area contributed by atoms with E-state index in [1.807, 2.05) is 55.5 Å². The van der Waals surface area contributed by atoms with E-state index in [0.717, 1.165) is 35.1 Å². The molecule has 0 radical (unpaired) electrons. The molecular formula is C23H23BrN2O4. The highest BCUT2D eigenvalue weighted by Gasteiger charge is 2.18. The van der Waals surface area contributed by atoms with Crippen LogP contribution in [-0.4, -0.2) is 31.8 Å². The fraction of sp³-hybridized carbons (Fsp3) is 0.304. The Kier molecular flexibility index (Phi) is 6.50. The summed E-state index contributed by atoms with van der Waals surface area (Å²) in [6.45, 7) is 3.75. The Bertz CT molecular complexity index is 1100. The number of ether oxygens (including phenoxy) is 2. The Morgan fingerprint density at radius 2 is 2.07 bits per heavy atom. The van der Waals surface area contributed by atoms with Gasteiger partial charge in [-0.2, -0.15) is 0 Å². The Morgan fingerprint density at radius 1 is 1.23 bits per heavy atom. The number of hydrogen-bond donors (Lipinski definition) is 1. The van der Waals surface area contributed by atoms with E-state index in [-0.39, 0.29) is 17.6 Å². The molecule has 2 aromatic carbocycles. The smallest absolute Gasteiger partial charge is 0.256 e. The van der Waals surface area contributed by atoms with Crippen LogP contribution in [-0.2, 0) is 4.74 Å². The molecule has 2 heterocycles. The maximum Gasteiger partial charge on any atom is 0.256 e. The maximum atomic E-state index is 13.0. The van der Waals surface area contributed by atoms with Gasteiger partial charge in [-0.25, -0.2) is 4.99 Å². The predicted molar refractivity (Wildman–Crippen MR) is 118 cm³/mol. The normalized spacial score (nSPS) is 16.7. The van der Waals surface area contributed by atoms with Crippen molar-refractivity contribution in [1.82, 2.24) is 5.32 Å². The van der Waals surface area contributed by atoms with Gasteiger partial charge in [0.1, 0.15) is 16.9 Å². The van der Waals surface area contributed by atoms with Crippen molar-refractivity contribution in [2.75, 3.05) is 19.8 Å². The molecule has 0 spiro atoms. The lowest BCUT2D eigenvalue weighted by Gasteiger charge is -2.11. The van der Waals surface area contributed by atoms with Gasteiger partial charge in [0.05, 0.1) is 18.4 Å². The van der Waals surface area contributed by atoms with E-state index in [2.05, 4.69) is 26.2 Å². The lowest BCUT2D eigenvalue weighted by molar-refractivity contribution is 0.0854. The molecule has 1 saturated heterocycles. The predicted octanol–water partition coefficient (Wildman–Crippen LogP) is 4.74. The molecule has 1 aliphatic heterocycles. The lowest BCUT2D eigenvalue weighted by atomic mass is 10.1. The maximum absolute atomic E-state index is 13.0. The van der Waals surface area contributed by atoms with Gasteiger partial charge >= 0.3 is 0 Å². The Hall–Kier alpha value is -2.64. The van der Waals surface area contributed by atoms with Gasteiger partial charge in [0, 0.05) is 23.0 Å². The van der Waals surface area contributed by atoms with E-state index in [1.54, 1.807) is 0 Å². The number of rotatable bonds is 6. The van der Waals surface area contributed by atoms with Crippen molar-refractivity contribution in [3.63, 3.8) is 0 Å². The van der Waals surface area contributed by atoms with Crippen LogP contribution in [0.15, 0.2) is 62.4 Å². The summed E-state index contributed by atoms with van der Waals surface area (Å²) >= 11 is 3.47. The number of hydrogen-bond acceptors (Lipinski definition) is 5. The number of carbonyl (C=O) groups is 1. The summed E-state index contributed by atoms with van der Waals surface area (Å²) in [6.07, 6.45) is 2.05. The van der Waals surface area contributed by atoms with Crippen LogP contribution in [0.1, 0.15) is 30.1 Å². The van der Waals surface area contributed by atoms with Crippen LogP contribution in [0.3, 0.4) is 0 Å². The SMILES string of the molecule is CCOc1ccc(N=c2oc3ccc(Br)cc3cc2C(=O)NC[C@@H]2CCCO2)cc1. The lowest BCUT2D eigenvalue weighted by Crippen LogP contribution is -2.34. The quantitative estimate of drug-likeness (QED) is 0.564. The van der Waals surface area contributed by atoms with Crippen molar-refractivity contribution in [3.05, 3.63) is 64.1 Å². The van der Waals surface area contributed by atoms with Gasteiger partial charge in [-0.15, -0.1) is 0 Å². The Balaban J connectivity index is 1.70. The van der Waals surface area contributed by atoms with Crippen molar-refractivity contribution in [3.8, 4) is 5.75 Å². The minimum atomic E-state index is -0.235. The van der Waals surface area contributed by atoms with Crippen LogP contribution in [0.4, 0.5) is 5.69 Å². The average molecular weight is 471 g/mol. The first-order valence-electron chi connectivity index (χ1n) is 10.0. The van der Waals surface area contributed by atoms with E-state index in [4.69, 9.17) is 13.9 Å². The summed E-state index contributed by atoms with van der Waals surface area (Å²) in [5.74, 6) is 0.534. The molecule has 0 aliphatic carbocycles. The van der Waals surface area contributed by atoms with Gasteiger partial charge in [-0.05, 0) is 68.3 Å². The minimum Gasteiger partial charge on any atom is -0.494 e. The van der Waals surface area contributed by atoms with Gasteiger partial charge < -0.3 is 19.2 Å². The molecule has 3 aromatic rings. The molecule has 1 amide bonds. The van der Waals surface area contributed by atoms with Crippen LogP contribution < -0.4 is 15.6 Å². The second kappa shape index (κ2) is 9.45. The van der Waals surface area contributed by atoms with Crippen molar-refractivity contribution in [2.24, 2.45) is 4.99 Å². The van der Waals surface area contributed by atoms with Crippen LogP contribution in [0.5, 0.6) is 5.75 Å². The summed E-state index contributed by atoms with van der Waals surface area (Å²) in [7, 11) is 0. The van der Waals surface area contributed by atoms with Crippen molar-refractivity contribution in [1.29, 1.82) is 0 Å². The standard InChI is InChI=1S/C23H23BrN2O4/c1-2-28-18-8-6-17(7-9-18)26-23-20(22(27)25-14-19-4-3-11-29-19)13-15-12-16(24)5-10-21(15)30-23/h5-10,12-13,19H,2-4,11,14H2,1H3,(H,25,27)/t19-/m0/s1. The number of benzene rings is 2. The first-order valence-corrected chi connectivity index (χ1v) is 10.8. The summed E-state index contributed by atoms with van der Waals surface area (Å²) in [5.41, 5.74) is 1.97. The Labute approximate surface area is 183 Å². The van der Waals surface area contributed by atoms with Gasteiger partial charge in [0.25, 0.3) is 5.91 Å². The van der Waals surface area contributed by atoms with Gasteiger partial charge in [-0.1, -0.05) is 15.9 Å². The third-order valence-corrected chi connectivity index (χ3v) is 5.34. The van der Waals surface area contributed by atoms with Crippen molar-refractivity contribution in [2.45, 2.75) is 25.9 Å². The Morgan fingerprint density at radius 3 is 2.80 bits per heavy atom. The number of amides is 1. The zero-order valence-corrected chi connectivity index (χ0v) is 18.3. The summed E-state index contributed by atoms with van der Waals surface area (Å²) in [6, 6.07) is 14.8. The highest BCUT2D eigenvalue weighted by atomic mass is 79.9. The van der Waals surface area contributed by atoms with Crippen molar-refractivity contribution < 1.29 is 18.7 Å². The van der Waals surface area contributed by atoms with Crippen LogP contribution in [0, 0.1) is 0 Å². The largest absolute Gasteiger partial charge is 0.494 e. The van der Waals surface area contributed by atoms with Crippen molar-refractivity contribution >= 4 is 38.5 Å². The second-order valence-corrected chi connectivity index (χ2v) is 7.95. The number of halogens is 1. The second-order valence-electron chi connectivity index (χ2n) is 7.03. The molecule has 4 rings (SSSR count). The zero-order valence-electron chi connectivity index (χ0n) is 16.7. The topological polar surface area (TPSA) is 73.1 Å². The number of nitrogens with zero attached hydrogens (tertiary/aromatic N) is 1. The minimum absolute atomic E-state index is 0.0620. The molecule has 0 unspecified atom stereocenters. The molecule has 0 saturated carbocycles. The molecular weight excluding hydrogens is 448 g/mol. The molecule has 1 atom stereocenters. The van der Waals surface area contributed by atoms with Crippen LogP contribution in [0.25, 0.3) is 11.0 Å². The first kappa shape index (κ1) is 20.6. The summed E-state index contributed by atoms with van der Waals surface area (Å²) < 4.78 is 18.0. The number of nitrogens with one attached hydrogen (secondary N) is 1. The van der Waals surface area contributed by atoms with E-state index in [0.29, 0.717) is 30.0 Å². The molecule has 7 heteroatoms. The number of carbonyl (C=O) groups excluding carboxylic acids is 1. The fourth-order valence-corrected chi connectivity index (χ4v) is 3.73. The molecule has 1 aromatic heterocycles. The highest BCUT2D eigenvalue weighted by molar-refractivity contribution is 9.10. The van der Waals surface area contributed by atoms with Gasteiger partial charge in [0.2, 0.25) is 5.55 Å². The highest BCUT2D eigenvalue weighted by Crippen LogP contribution is 2.21. The molecule has 156 valence electrons. The van der Waals surface area contributed by atoms with Gasteiger partial charge in [0.15, 0.2) is 0 Å².